The molecule has 2 rings (SSSR count). The zero-order chi connectivity index (χ0) is 15.6. The van der Waals surface area contributed by atoms with E-state index in [9.17, 15) is 9.59 Å². The molecular weight excluding hydrogens is 270 g/mol. The van der Waals surface area contributed by atoms with Crippen molar-refractivity contribution >= 4 is 17.7 Å². The van der Waals surface area contributed by atoms with Gasteiger partial charge < -0.3 is 9.47 Å². The molecule has 0 aliphatic heterocycles. The van der Waals surface area contributed by atoms with Gasteiger partial charge in [0.25, 0.3) is 0 Å². The Labute approximate surface area is 124 Å². The summed E-state index contributed by atoms with van der Waals surface area (Å²) in [5.41, 5.74) is 0.648. The summed E-state index contributed by atoms with van der Waals surface area (Å²) in [7, 11) is 0. The molecule has 1 aliphatic rings. The molecule has 0 bridgehead atoms. The van der Waals surface area contributed by atoms with Crippen LogP contribution in [0.5, 0.6) is 5.75 Å². The lowest BCUT2D eigenvalue weighted by Gasteiger charge is -2.20. The highest BCUT2D eigenvalue weighted by Crippen LogP contribution is 2.34. The molecule has 114 valence electrons. The van der Waals surface area contributed by atoms with Crippen LogP contribution in [0.3, 0.4) is 0 Å². The first kappa shape index (κ1) is 15.4. The molecule has 1 fully saturated rings. The minimum absolute atomic E-state index is 0.000942. The Morgan fingerprint density at radius 3 is 2.48 bits per heavy atom. The molecule has 0 atom stereocenters. The summed E-state index contributed by atoms with van der Waals surface area (Å²) in [5, 5.41) is 2.63. The van der Waals surface area contributed by atoms with Gasteiger partial charge in [-0.1, -0.05) is 12.1 Å². The van der Waals surface area contributed by atoms with Crippen LogP contribution in [0.15, 0.2) is 18.2 Å². The molecule has 1 aliphatic carbocycles. The number of esters is 1. The van der Waals surface area contributed by atoms with Gasteiger partial charge in [0.05, 0.1) is 11.6 Å². The van der Waals surface area contributed by atoms with Crippen molar-refractivity contribution in [3.63, 3.8) is 0 Å². The van der Waals surface area contributed by atoms with Crippen molar-refractivity contribution in [3.05, 3.63) is 23.8 Å². The number of para-hydroxylation sites is 1. The second-order valence-electron chi connectivity index (χ2n) is 6.27. The van der Waals surface area contributed by atoms with Crippen LogP contribution in [0.1, 0.15) is 39.2 Å². The molecule has 0 heterocycles. The number of nitrogens with one attached hydrogen (secondary N) is 1. The maximum absolute atomic E-state index is 11.8. The molecular formula is C16H21NO4. The predicted octanol–water partition coefficient (Wildman–Crippen LogP) is 3.66. The molecule has 5 nitrogen and oxygen atoms in total. The number of hydrogen-bond acceptors (Lipinski definition) is 4. The number of benzene rings is 1. The minimum Gasteiger partial charge on any atom is -0.444 e. The van der Waals surface area contributed by atoms with Gasteiger partial charge in [0.2, 0.25) is 0 Å². The molecule has 1 saturated carbocycles. The van der Waals surface area contributed by atoms with E-state index >= 15 is 0 Å². The van der Waals surface area contributed by atoms with Crippen molar-refractivity contribution in [2.45, 2.75) is 46.1 Å². The summed E-state index contributed by atoms with van der Waals surface area (Å²) >= 11 is 0. The largest absolute Gasteiger partial charge is 0.444 e. The second-order valence-corrected chi connectivity index (χ2v) is 6.27. The van der Waals surface area contributed by atoms with Crippen LogP contribution in [-0.2, 0) is 9.53 Å². The van der Waals surface area contributed by atoms with E-state index in [2.05, 4.69) is 5.32 Å². The van der Waals surface area contributed by atoms with Crippen molar-refractivity contribution < 1.29 is 19.1 Å². The Bertz CT molecular complexity index is 556. The summed E-state index contributed by atoms with van der Waals surface area (Å²) in [4.78, 5) is 23.7. The number of carbonyl (C=O) groups excluding carboxylic acids is 2. The van der Waals surface area contributed by atoms with Crippen molar-refractivity contribution in [1.29, 1.82) is 0 Å². The van der Waals surface area contributed by atoms with Crippen LogP contribution >= 0.6 is 0 Å². The molecule has 1 aromatic rings. The van der Waals surface area contributed by atoms with Gasteiger partial charge in [-0.2, -0.15) is 0 Å². The topological polar surface area (TPSA) is 64.6 Å². The van der Waals surface area contributed by atoms with E-state index < -0.39 is 11.7 Å². The van der Waals surface area contributed by atoms with E-state index in [4.69, 9.17) is 9.47 Å². The van der Waals surface area contributed by atoms with Crippen molar-refractivity contribution in [2.75, 3.05) is 5.32 Å². The van der Waals surface area contributed by atoms with E-state index in [0.29, 0.717) is 11.4 Å². The fraction of sp³-hybridized carbons (Fsp3) is 0.500. The Balaban J connectivity index is 2.13. The van der Waals surface area contributed by atoms with Crippen LogP contribution in [0.2, 0.25) is 0 Å². The second kappa shape index (κ2) is 5.76. The highest BCUT2D eigenvalue weighted by atomic mass is 16.6. The summed E-state index contributed by atoms with van der Waals surface area (Å²) in [5.74, 6) is 0.149. The van der Waals surface area contributed by atoms with E-state index in [1.807, 2.05) is 13.0 Å². The Morgan fingerprint density at radius 2 is 1.90 bits per heavy atom. The number of hydrogen-bond donors (Lipinski definition) is 1. The van der Waals surface area contributed by atoms with E-state index in [1.165, 1.54) is 0 Å². The van der Waals surface area contributed by atoms with Gasteiger partial charge in [0.15, 0.2) is 5.75 Å². The summed E-state index contributed by atoms with van der Waals surface area (Å²) < 4.78 is 10.6. The Hall–Kier alpha value is -2.04. The lowest BCUT2D eigenvalue weighted by Crippen LogP contribution is -2.27. The van der Waals surface area contributed by atoms with Gasteiger partial charge in [0, 0.05) is 0 Å². The van der Waals surface area contributed by atoms with Gasteiger partial charge in [0.1, 0.15) is 5.60 Å². The molecule has 1 N–H and O–H groups in total. The van der Waals surface area contributed by atoms with Crippen molar-refractivity contribution in [2.24, 2.45) is 5.92 Å². The third kappa shape index (κ3) is 4.48. The molecule has 0 radical (unpaired) electrons. The molecule has 0 saturated heterocycles. The summed E-state index contributed by atoms with van der Waals surface area (Å²) in [6.07, 6.45) is 1.18. The highest BCUT2D eigenvalue weighted by Gasteiger charge is 2.32. The highest BCUT2D eigenvalue weighted by molar-refractivity contribution is 5.89. The van der Waals surface area contributed by atoms with Crippen LogP contribution in [-0.4, -0.2) is 17.7 Å². The van der Waals surface area contributed by atoms with Crippen molar-refractivity contribution in [3.8, 4) is 5.75 Å². The number of carbonyl (C=O) groups is 2. The monoisotopic (exact) mass is 291 g/mol. The standard InChI is InChI=1S/C16H21NO4/c1-10-6-5-7-12(17-15(19)21-16(2,3)4)13(10)20-14(18)11-8-9-11/h5-7,11H,8-9H2,1-4H3,(H,17,19). The molecule has 0 aromatic heterocycles. The first-order chi connectivity index (χ1) is 9.76. The molecule has 1 amide bonds. The Morgan fingerprint density at radius 1 is 1.24 bits per heavy atom. The fourth-order valence-electron chi connectivity index (χ4n) is 1.80. The smallest absolute Gasteiger partial charge is 0.412 e. The maximum atomic E-state index is 11.8. The summed E-state index contributed by atoms with van der Waals surface area (Å²) in [6.45, 7) is 7.19. The lowest BCUT2D eigenvalue weighted by atomic mass is 10.2. The first-order valence-corrected chi connectivity index (χ1v) is 7.07. The third-order valence-electron chi connectivity index (χ3n) is 2.96. The van der Waals surface area contributed by atoms with E-state index in [1.54, 1.807) is 32.9 Å². The summed E-state index contributed by atoms with van der Waals surface area (Å²) in [6, 6.07) is 5.30. The van der Waals surface area contributed by atoms with Crippen molar-refractivity contribution in [1.82, 2.24) is 0 Å². The molecule has 1 aromatic carbocycles. The Kier molecular flexibility index (Phi) is 4.21. The van der Waals surface area contributed by atoms with Crippen LogP contribution < -0.4 is 10.1 Å². The van der Waals surface area contributed by atoms with Crippen LogP contribution in [0.4, 0.5) is 10.5 Å². The maximum Gasteiger partial charge on any atom is 0.412 e. The number of rotatable bonds is 3. The van der Waals surface area contributed by atoms with Gasteiger partial charge in [-0.05, 0) is 52.2 Å². The van der Waals surface area contributed by atoms with E-state index in [0.717, 1.165) is 18.4 Å². The van der Waals surface area contributed by atoms with Crippen LogP contribution in [0.25, 0.3) is 0 Å². The number of ether oxygens (including phenoxy) is 2. The third-order valence-corrected chi connectivity index (χ3v) is 2.96. The number of amides is 1. The minimum atomic E-state index is -0.585. The molecule has 5 heteroatoms. The van der Waals surface area contributed by atoms with Crippen LogP contribution in [0, 0.1) is 12.8 Å². The SMILES string of the molecule is Cc1cccc(NC(=O)OC(C)(C)C)c1OC(=O)C1CC1. The zero-order valence-electron chi connectivity index (χ0n) is 12.9. The van der Waals surface area contributed by atoms with Gasteiger partial charge >= 0.3 is 12.1 Å². The number of anilines is 1. The molecule has 0 unspecified atom stereocenters. The zero-order valence-corrected chi connectivity index (χ0v) is 12.9. The molecule has 21 heavy (non-hydrogen) atoms. The quantitative estimate of drug-likeness (QED) is 0.682. The first-order valence-electron chi connectivity index (χ1n) is 7.07. The van der Waals surface area contributed by atoms with Gasteiger partial charge in [-0.3, -0.25) is 10.1 Å². The molecule has 0 spiro atoms. The number of aryl methyl sites for hydroxylation is 1. The predicted molar refractivity (Wildman–Crippen MR) is 79.4 cm³/mol. The average Bonchev–Trinajstić information content (AvgIpc) is 3.14. The fourth-order valence-corrected chi connectivity index (χ4v) is 1.80. The van der Waals surface area contributed by atoms with Gasteiger partial charge in [-0.15, -0.1) is 0 Å². The normalized spacial score (nSPS) is 14.5. The average molecular weight is 291 g/mol. The van der Waals surface area contributed by atoms with Gasteiger partial charge in [-0.25, -0.2) is 4.79 Å². The lowest BCUT2D eigenvalue weighted by molar-refractivity contribution is -0.135. The van der Waals surface area contributed by atoms with E-state index in [-0.39, 0.29) is 11.9 Å².